The maximum Gasteiger partial charge on any atom is 0.407 e. The standard InChI is InChI=1S/C23H26N2O3/c1-23(2,15-11-12-15)25-21(26)13-24-22(27)28-14-20-18-9-5-3-7-16(18)17-8-4-6-10-19(17)20/h3-10,15,20H,11-14H2,1-2H3,(H,24,27)(H,25,26). The number of rotatable bonds is 6. The first kappa shape index (κ1) is 18.5. The maximum atomic E-state index is 12.1. The van der Waals surface area contributed by atoms with Gasteiger partial charge in [0.2, 0.25) is 5.91 Å². The van der Waals surface area contributed by atoms with Gasteiger partial charge >= 0.3 is 6.09 Å². The molecule has 0 aromatic heterocycles. The van der Waals surface area contributed by atoms with Gasteiger partial charge in [0.25, 0.3) is 0 Å². The quantitative estimate of drug-likeness (QED) is 0.803. The Labute approximate surface area is 165 Å². The molecule has 0 atom stereocenters. The van der Waals surface area contributed by atoms with Crippen molar-refractivity contribution in [2.75, 3.05) is 13.2 Å². The highest BCUT2D eigenvalue weighted by atomic mass is 16.5. The lowest BCUT2D eigenvalue weighted by Gasteiger charge is -2.26. The van der Waals surface area contributed by atoms with Crippen LogP contribution in [-0.2, 0) is 9.53 Å². The molecule has 5 nitrogen and oxygen atoms in total. The van der Waals surface area contributed by atoms with Crippen LogP contribution in [0, 0.1) is 5.92 Å². The molecule has 5 heteroatoms. The van der Waals surface area contributed by atoms with Crippen LogP contribution in [0.15, 0.2) is 48.5 Å². The Morgan fingerprint density at radius 2 is 1.57 bits per heavy atom. The molecule has 0 heterocycles. The Morgan fingerprint density at radius 3 is 2.14 bits per heavy atom. The molecule has 4 rings (SSSR count). The van der Waals surface area contributed by atoms with Gasteiger partial charge < -0.3 is 15.4 Å². The molecule has 0 radical (unpaired) electrons. The van der Waals surface area contributed by atoms with E-state index in [2.05, 4.69) is 34.9 Å². The molecule has 1 fully saturated rings. The fourth-order valence-corrected chi connectivity index (χ4v) is 4.11. The van der Waals surface area contributed by atoms with Gasteiger partial charge in [-0.1, -0.05) is 48.5 Å². The minimum atomic E-state index is -0.568. The van der Waals surface area contributed by atoms with E-state index in [0.29, 0.717) is 5.92 Å². The molecule has 0 saturated heterocycles. The van der Waals surface area contributed by atoms with Crippen molar-refractivity contribution in [3.8, 4) is 11.1 Å². The highest BCUT2D eigenvalue weighted by molar-refractivity contribution is 5.83. The molecular formula is C23H26N2O3. The fourth-order valence-electron chi connectivity index (χ4n) is 4.11. The normalized spacial score (nSPS) is 15.5. The zero-order valence-electron chi connectivity index (χ0n) is 16.3. The highest BCUT2D eigenvalue weighted by Gasteiger charge is 2.38. The first-order valence-corrected chi connectivity index (χ1v) is 9.85. The van der Waals surface area contributed by atoms with Crippen LogP contribution in [0.25, 0.3) is 11.1 Å². The van der Waals surface area contributed by atoms with Crippen molar-refractivity contribution in [1.82, 2.24) is 10.6 Å². The molecule has 0 spiro atoms. The van der Waals surface area contributed by atoms with Crippen molar-refractivity contribution in [3.63, 3.8) is 0 Å². The predicted octanol–water partition coefficient (Wildman–Crippen LogP) is 3.83. The Morgan fingerprint density at radius 1 is 1.00 bits per heavy atom. The second kappa shape index (κ2) is 7.30. The Bertz CT molecular complexity index is 857. The number of nitrogens with one attached hydrogen (secondary N) is 2. The summed E-state index contributed by atoms with van der Waals surface area (Å²) in [5.41, 5.74) is 4.49. The summed E-state index contributed by atoms with van der Waals surface area (Å²) < 4.78 is 5.45. The zero-order chi connectivity index (χ0) is 19.7. The number of hydrogen-bond donors (Lipinski definition) is 2. The van der Waals surface area contributed by atoms with E-state index in [1.54, 1.807) is 0 Å². The Hall–Kier alpha value is -2.82. The molecule has 0 aliphatic heterocycles. The van der Waals surface area contributed by atoms with Crippen LogP contribution in [0.1, 0.15) is 43.7 Å². The number of fused-ring (bicyclic) bond motifs is 3. The van der Waals surface area contributed by atoms with Gasteiger partial charge in [-0.25, -0.2) is 4.79 Å². The summed E-state index contributed by atoms with van der Waals surface area (Å²) in [6.07, 6.45) is 1.72. The smallest absolute Gasteiger partial charge is 0.407 e. The molecule has 2 aromatic rings. The van der Waals surface area contributed by atoms with E-state index >= 15 is 0 Å². The molecule has 2 N–H and O–H groups in total. The van der Waals surface area contributed by atoms with Crippen LogP contribution in [0.3, 0.4) is 0 Å². The molecule has 28 heavy (non-hydrogen) atoms. The summed E-state index contributed by atoms with van der Waals surface area (Å²) in [6, 6.07) is 16.4. The third-order valence-corrected chi connectivity index (χ3v) is 5.80. The van der Waals surface area contributed by atoms with Crippen molar-refractivity contribution in [2.45, 2.75) is 38.1 Å². The number of amides is 2. The minimum absolute atomic E-state index is 0.0146. The lowest BCUT2D eigenvalue weighted by molar-refractivity contribution is -0.122. The number of carbonyl (C=O) groups excluding carboxylic acids is 2. The van der Waals surface area contributed by atoms with Gasteiger partial charge in [-0.3, -0.25) is 4.79 Å². The largest absolute Gasteiger partial charge is 0.449 e. The lowest BCUT2D eigenvalue weighted by Crippen LogP contribution is -2.49. The van der Waals surface area contributed by atoms with Crippen molar-refractivity contribution in [2.24, 2.45) is 5.92 Å². The number of ether oxygens (including phenoxy) is 1. The van der Waals surface area contributed by atoms with Gasteiger partial charge in [-0.2, -0.15) is 0 Å². The SMILES string of the molecule is CC(C)(NC(=O)CNC(=O)OCC1c2ccccc2-c2ccccc21)C1CC1. The van der Waals surface area contributed by atoms with Gasteiger partial charge in [0.15, 0.2) is 0 Å². The van der Waals surface area contributed by atoms with E-state index in [-0.39, 0.29) is 30.5 Å². The lowest BCUT2D eigenvalue weighted by atomic mass is 9.98. The molecule has 146 valence electrons. The average Bonchev–Trinajstić information content (AvgIpc) is 3.49. The molecule has 1 saturated carbocycles. The molecular weight excluding hydrogens is 352 g/mol. The van der Waals surface area contributed by atoms with Crippen LogP contribution in [0.2, 0.25) is 0 Å². The van der Waals surface area contributed by atoms with Crippen LogP contribution in [-0.4, -0.2) is 30.7 Å². The van der Waals surface area contributed by atoms with Crippen LogP contribution in [0.4, 0.5) is 4.79 Å². The second-order valence-corrected chi connectivity index (χ2v) is 8.22. The van der Waals surface area contributed by atoms with Crippen LogP contribution in [0.5, 0.6) is 0 Å². The Balaban J connectivity index is 1.32. The van der Waals surface area contributed by atoms with Crippen molar-refractivity contribution in [1.29, 1.82) is 0 Å². The van der Waals surface area contributed by atoms with E-state index in [1.807, 2.05) is 38.1 Å². The minimum Gasteiger partial charge on any atom is -0.449 e. The average molecular weight is 378 g/mol. The van der Waals surface area contributed by atoms with E-state index in [4.69, 9.17) is 4.74 Å². The van der Waals surface area contributed by atoms with E-state index in [9.17, 15) is 9.59 Å². The summed E-state index contributed by atoms with van der Waals surface area (Å²) in [4.78, 5) is 24.2. The molecule has 0 unspecified atom stereocenters. The third-order valence-electron chi connectivity index (χ3n) is 5.80. The summed E-state index contributed by atoms with van der Waals surface area (Å²) in [6.45, 7) is 4.22. The van der Waals surface area contributed by atoms with E-state index in [0.717, 1.165) is 12.8 Å². The molecule has 2 aliphatic carbocycles. The summed E-state index contributed by atoms with van der Waals surface area (Å²) >= 11 is 0. The maximum absolute atomic E-state index is 12.1. The number of hydrogen-bond acceptors (Lipinski definition) is 3. The van der Waals surface area contributed by atoms with Gasteiger partial charge in [0, 0.05) is 11.5 Å². The van der Waals surface area contributed by atoms with Gasteiger partial charge in [0.1, 0.15) is 13.2 Å². The molecule has 0 bridgehead atoms. The summed E-state index contributed by atoms with van der Waals surface area (Å²) in [5, 5.41) is 5.55. The first-order valence-electron chi connectivity index (χ1n) is 9.85. The van der Waals surface area contributed by atoms with Crippen molar-refractivity contribution >= 4 is 12.0 Å². The Kier molecular flexibility index (Phi) is 4.84. The van der Waals surface area contributed by atoms with Gasteiger partial charge in [0.05, 0.1) is 0 Å². The predicted molar refractivity (Wildman–Crippen MR) is 108 cm³/mol. The van der Waals surface area contributed by atoms with Gasteiger partial charge in [-0.05, 0) is 54.9 Å². The van der Waals surface area contributed by atoms with E-state index < -0.39 is 6.09 Å². The summed E-state index contributed by atoms with van der Waals surface area (Å²) in [5.74, 6) is 0.358. The van der Waals surface area contributed by atoms with E-state index in [1.165, 1.54) is 22.3 Å². The topological polar surface area (TPSA) is 67.4 Å². The fraction of sp³-hybridized carbons (Fsp3) is 0.391. The molecule has 2 amide bonds. The monoisotopic (exact) mass is 378 g/mol. The van der Waals surface area contributed by atoms with Crippen LogP contribution < -0.4 is 10.6 Å². The van der Waals surface area contributed by atoms with Crippen molar-refractivity contribution in [3.05, 3.63) is 59.7 Å². The zero-order valence-corrected chi connectivity index (χ0v) is 16.3. The van der Waals surface area contributed by atoms with Gasteiger partial charge in [-0.15, -0.1) is 0 Å². The molecule has 2 aromatic carbocycles. The van der Waals surface area contributed by atoms with Crippen molar-refractivity contribution < 1.29 is 14.3 Å². The van der Waals surface area contributed by atoms with Crippen LogP contribution >= 0.6 is 0 Å². The molecule has 2 aliphatic rings. The number of alkyl carbamates (subject to hydrolysis) is 1. The number of carbonyl (C=O) groups is 2. The highest BCUT2D eigenvalue weighted by Crippen LogP contribution is 2.44. The number of benzene rings is 2. The second-order valence-electron chi connectivity index (χ2n) is 8.22. The summed E-state index contributed by atoms with van der Waals surface area (Å²) in [7, 11) is 0. The first-order chi connectivity index (χ1) is 13.5. The third kappa shape index (κ3) is 3.75.